The average molecular weight is 241 g/mol. The Hall–Kier alpha value is -1.06. The average Bonchev–Trinajstić information content (AvgIpc) is 2.56. The molecule has 1 aliphatic rings. The molecule has 1 rings (SSSR count). The van der Waals surface area contributed by atoms with Crippen molar-refractivity contribution in [1.29, 1.82) is 0 Å². The zero-order chi connectivity index (χ0) is 13.6. The van der Waals surface area contributed by atoms with Gasteiger partial charge in [-0.15, -0.1) is 0 Å². The van der Waals surface area contributed by atoms with E-state index in [1.54, 1.807) is 13.8 Å². The molecule has 2 N–H and O–H groups in total. The van der Waals surface area contributed by atoms with Crippen LogP contribution in [0.2, 0.25) is 0 Å². The third-order valence-electron chi connectivity index (χ3n) is 4.86. The van der Waals surface area contributed by atoms with Gasteiger partial charge in [-0.3, -0.25) is 4.79 Å². The molecule has 98 valence electrons. The lowest BCUT2D eigenvalue weighted by atomic mass is 9.98. The first-order valence-corrected chi connectivity index (χ1v) is 6.06. The van der Waals surface area contributed by atoms with Crippen molar-refractivity contribution in [2.45, 2.75) is 53.5 Å². The van der Waals surface area contributed by atoms with Crippen molar-refractivity contribution < 1.29 is 14.7 Å². The van der Waals surface area contributed by atoms with Crippen molar-refractivity contribution in [1.82, 2.24) is 5.32 Å². The van der Waals surface area contributed by atoms with Gasteiger partial charge in [0.2, 0.25) is 5.91 Å². The first-order chi connectivity index (χ1) is 7.50. The maximum absolute atomic E-state index is 12.1. The summed E-state index contributed by atoms with van der Waals surface area (Å²) < 4.78 is 0. The SMILES string of the molecule is CCC(C)(NC(=O)C1C(C)(C)C1(C)C)C(=O)O. The van der Waals surface area contributed by atoms with E-state index in [0.29, 0.717) is 6.42 Å². The molecule has 4 nitrogen and oxygen atoms in total. The molecule has 0 aromatic rings. The Morgan fingerprint density at radius 1 is 1.24 bits per heavy atom. The molecule has 0 spiro atoms. The van der Waals surface area contributed by atoms with Gasteiger partial charge in [0.1, 0.15) is 5.54 Å². The summed E-state index contributed by atoms with van der Waals surface area (Å²) in [6, 6.07) is 0. The first kappa shape index (κ1) is 14.0. The molecular formula is C13H23NO3. The fourth-order valence-corrected chi connectivity index (χ4v) is 2.49. The van der Waals surface area contributed by atoms with Crippen LogP contribution in [0.4, 0.5) is 0 Å². The maximum Gasteiger partial charge on any atom is 0.329 e. The van der Waals surface area contributed by atoms with Gasteiger partial charge >= 0.3 is 5.97 Å². The van der Waals surface area contributed by atoms with E-state index in [9.17, 15) is 9.59 Å². The second-order valence-corrected chi connectivity index (χ2v) is 6.36. The number of amides is 1. The van der Waals surface area contributed by atoms with E-state index >= 15 is 0 Å². The van der Waals surface area contributed by atoms with Gasteiger partial charge in [-0.05, 0) is 24.2 Å². The van der Waals surface area contributed by atoms with Gasteiger partial charge in [-0.25, -0.2) is 4.79 Å². The van der Waals surface area contributed by atoms with Gasteiger partial charge in [0.25, 0.3) is 0 Å². The Bertz CT molecular complexity index is 346. The smallest absolute Gasteiger partial charge is 0.329 e. The number of hydrogen-bond donors (Lipinski definition) is 2. The molecule has 17 heavy (non-hydrogen) atoms. The number of aliphatic carboxylic acids is 1. The van der Waals surface area contributed by atoms with Crippen molar-refractivity contribution in [2.24, 2.45) is 16.7 Å². The van der Waals surface area contributed by atoms with Crippen molar-refractivity contribution in [3.63, 3.8) is 0 Å². The van der Waals surface area contributed by atoms with Gasteiger partial charge in [0.05, 0.1) is 0 Å². The molecule has 1 fully saturated rings. The Kier molecular flexibility index (Phi) is 3.06. The number of nitrogens with one attached hydrogen (secondary N) is 1. The van der Waals surface area contributed by atoms with Crippen LogP contribution in [0.1, 0.15) is 48.0 Å². The summed E-state index contributed by atoms with van der Waals surface area (Å²) in [7, 11) is 0. The Balaban J connectivity index is 2.79. The van der Waals surface area contributed by atoms with Crippen LogP contribution >= 0.6 is 0 Å². The van der Waals surface area contributed by atoms with Crippen molar-refractivity contribution in [3.8, 4) is 0 Å². The van der Waals surface area contributed by atoms with Crippen molar-refractivity contribution in [3.05, 3.63) is 0 Å². The van der Waals surface area contributed by atoms with E-state index in [1.165, 1.54) is 0 Å². The third-order valence-corrected chi connectivity index (χ3v) is 4.86. The highest BCUT2D eigenvalue weighted by Gasteiger charge is 2.68. The van der Waals surface area contributed by atoms with Crippen LogP contribution in [0.5, 0.6) is 0 Å². The summed E-state index contributed by atoms with van der Waals surface area (Å²) in [6.07, 6.45) is 0.377. The third kappa shape index (κ3) is 1.94. The quantitative estimate of drug-likeness (QED) is 0.791. The Labute approximate surface area is 103 Å². The minimum atomic E-state index is -1.16. The summed E-state index contributed by atoms with van der Waals surface area (Å²) >= 11 is 0. The maximum atomic E-state index is 12.1. The number of hydrogen-bond acceptors (Lipinski definition) is 2. The second-order valence-electron chi connectivity index (χ2n) is 6.36. The van der Waals surface area contributed by atoms with Crippen molar-refractivity contribution >= 4 is 11.9 Å². The summed E-state index contributed by atoms with van der Waals surface area (Å²) in [4.78, 5) is 23.3. The number of carboxylic acids is 1. The molecule has 1 aliphatic carbocycles. The highest BCUT2D eigenvalue weighted by Crippen LogP contribution is 2.68. The summed E-state index contributed by atoms with van der Waals surface area (Å²) in [6.45, 7) is 11.5. The predicted octanol–water partition coefficient (Wildman–Crippen LogP) is 2.04. The molecule has 1 saturated carbocycles. The van der Waals surface area contributed by atoms with Gasteiger partial charge in [0, 0.05) is 5.92 Å². The Morgan fingerprint density at radius 3 is 1.88 bits per heavy atom. The molecule has 0 bridgehead atoms. The van der Waals surface area contributed by atoms with E-state index in [2.05, 4.69) is 5.32 Å². The van der Waals surface area contributed by atoms with Crippen LogP contribution in [0, 0.1) is 16.7 Å². The minimum Gasteiger partial charge on any atom is -0.480 e. The first-order valence-electron chi connectivity index (χ1n) is 6.06. The standard InChI is InChI=1S/C13H23NO3/c1-7-13(6,10(16)17)14-9(15)8-11(2,3)12(8,4)5/h8H,7H2,1-6H3,(H,14,15)(H,16,17). The van der Waals surface area contributed by atoms with Crippen LogP contribution in [0.3, 0.4) is 0 Å². The van der Waals surface area contributed by atoms with E-state index in [1.807, 2.05) is 27.7 Å². The molecule has 0 saturated heterocycles. The molecule has 0 aliphatic heterocycles. The molecular weight excluding hydrogens is 218 g/mol. The molecule has 0 radical (unpaired) electrons. The van der Waals surface area contributed by atoms with Crippen LogP contribution in [0.15, 0.2) is 0 Å². The lowest BCUT2D eigenvalue weighted by Gasteiger charge is -2.25. The molecule has 0 heterocycles. The van der Waals surface area contributed by atoms with E-state index in [0.717, 1.165) is 0 Å². The van der Waals surface area contributed by atoms with Gasteiger partial charge in [-0.2, -0.15) is 0 Å². The minimum absolute atomic E-state index is 0.0652. The number of carbonyl (C=O) groups excluding carboxylic acids is 1. The van der Waals surface area contributed by atoms with Crippen LogP contribution in [-0.2, 0) is 9.59 Å². The highest BCUT2D eigenvalue weighted by atomic mass is 16.4. The molecule has 1 unspecified atom stereocenters. The van der Waals surface area contributed by atoms with E-state index in [-0.39, 0.29) is 22.7 Å². The highest BCUT2D eigenvalue weighted by molar-refractivity contribution is 5.90. The van der Waals surface area contributed by atoms with Gasteiger partial charge in [-0.1, -0.05) is 34.6 Å². The molecule has 0 aromatic carbocycles. The second kappa shape index (κ2) is 3.72. The molecule has 0 aromatic heterocycles. The van der Waals surface area contributed by atoms with Crippen LogP contribution < -0.4 is 5.32 Å². The fourth-order valence-electron chi connectivity index (χ4n) is 2.49. The number of carbonyl (C=O) groups is 2. The molecule has 1 amide bonds. The number of rotatable bonds is 4. The summed E-state index contributed by atoms with van der Waals surface area (Å²) in [5.41, 5.74) is -1.29. The zero-order valence-electron chi connectivity index (χ0n) is 11.5. The lowest BCUT2D eigenvalue weighted by molar-refractivity contribution is -0.147. The van der Waals surface area contributed by atoms with Gasteiger partial charge < -0.3 is 10.4 Å². The van der Waals surface area contributed by atoms with Crippen LogP contribution in [-0.4, -0.2) is 22.5 Å². The van der Waals surface area contributed by atoms with Crippen molar-refractivity contribution in [2.75, 3.05) is 0 Å². The lowest BCUT2D eigenvalue weighted by Crippen LogP contribution is -2.52. The van der Waals surface area contributed by atoms with E-state index in [4.69, 9.17) is 5.11 Å². The van der Waals surface area contributed by atoms with Gasteiger partial charge in [0.15, 0.2) is 0 Å². The van der Waals surface area contributed by atoms with E-state index < -0.39 is 11.5 Å². The predicted molar refractivity (Wildman–Crippen MR) is 65.5 cm³/mol. The number of carboxylic acid groups (broad SMARTS) is 1. The molecule has 1 atom stereocenters. The largest absolute Gasteiger partial charge is 0.480 e. The Morgan fingerprint density at radius 2 is 1.65 bits per heavy atom. The summed E-state index contributed by atoms with van der Waals surface area (Å²) in [5.74, 6) is -1.24. The zero-order valence-corrected chi connectivity index (χ0v) is 11.5. The monoisotopic (exact) mass is 241 g/mol. The van der Waals surface area contributed by atoms with Crippen LogP contribution in [0.25, 0.3) is 0 Å². The molecule has 4 heteroatoms. The normalized spacial score (nSPS) is 24.8. The topological polar surface area (TPSA) is 66.4 Å². The fraction of sp³-hybridized carbons (Fsp3) is 0.846. The summed E-state index contributed by atoms with van der Waals surface area (Å²) in [5, 5.41) is 11.8.